The second-order valence-electron chi connectivity index (χ2n) is 4.74. The molecule has 0 radical (unpaired) electrons. The second-order valence-corrected chi connectivity index (χ2v) is 5.63. The predicted molar refractivity (Wildman–Crippen MR) is 65.1 cm³/mol. The van der Waals surface area contributed by atoms with Gasteiger partial charge in [-0.05, 0) is 25.2 Å². The number of hydrogen-bond donors (Lipinski definition) is 1. The minimum absolute atomic E-state index is 0.106. The van der Waals surface area contributed by atoms with Crippen LogP contribution in [0.1, 0.15) is 45.0 Å². The summed E-state index contributed by atoms with van der Waals surface area (Å²) in [4.78, 5) is 4.52. The van der Waals surface area contributed by atoms with Gasteiger partial charge >= 0.3 is 0 Å². The van der Waals surface area contributed by atoms with Crippen LogP contribution in [0.2, 0.25) is 0 Å². The fourth-order valence-corrected chi connectivity index (χ4v) is 3.19. The van der Waals surface area contributed by atoms with Crippen molar-refractivity contribution in [3.05, 3.63) is 16.6 Å². The van der Waals surface area contributed by atoms with Crippen molar-refractivity contribution in [2.75, 3.05) is 0 Å². The highest BCUT2D eigenvalue weighted by molar-refractivity contribution is 7.09. The molecular weight excluding hydrogens is 204 g/mol. The summed E-state index contributed by atoms with van der Waals surface area (Å²) >= 11 is 1.78. The van der Waals surface area contributed by atoms with E-state index in [1.54, 1.807) is 11.3 Å². The van der Waals surface area contributed by atoms with Crippen molar-refractivity contribution < 1.29 is 0 Å². The predicted octanol–water partition coefficient (Wildman–Crippen LogP) is 3.16. The Morgan fingerprint density at radius 1 is 1.60 bits per heavy atom. The van der Waals surface area contributed by atoms with Crippen LogP contribution < -0.4 is 5.32 Å². The third-order valence-electron chi connectivity index (χ3n) is 3.40. The summed E-state index contributed by atoms with van der Waals surface area (Å²) in [5.41, 5.74) is 0.106. The maximum absolute atomic E-state index is 4.52. The summed E-state index contributed by atoms with van der Waals surface area (Å²) in [5.74, 6) is 0.592. The van der Waals surface area contributed by atoms with Crippen molar-refractivity contribution >= 4 is 11.3 Å². The van der Waals surface area contributed by atoms with E-state index in [0.717, 1.165) is 12.5 Å². The monoisotopic (exact) mass is 224 g/mol. The molecule has 1 heterocycles. The number of nitrogens with one attached hydrogen (secondary N) is 1. The van der Waals surface area contributed by atoms with Crippen LogP contribution in [-0.4, -0.2) is 11.0 Å². The van der Waals surface area contributed by atoms with Gasteiger partial charge in [0.25, 0.3) is 0 Å². The van der Waals surface area contributed by atoms with E-state index < -0.39 is 0 Å². The van der Waals surface area contributed by atoms with Crippen molar-refractivity contribution in [2.45, 2.75) is 51.6 Å². The zero-order valence-corrected chi connectivity index (χ0v) is 10.6. The van der Waals surface area contributed by atoms with Crippen molar-refractivity contribution in [1.29, 1.82) is 0 Å². The number of hydrogen-bond acceptors (Lipinski definition) is 3. The van der Waals surface area contributed by atoms with E-state index in [1.807, 2.05) is 6.20 Å². The average Bonchev–Trinajstić information content (AvgIpc) is 2.85. The lowest BCUT2D eigenvalue weighted by Gasteiger charge is -2.36. The zero-order chi connectivity index (χ0) is 10.9. The molecule has 0 aliphatic heterocycles. The summed E-state index contributed by atoms with van der Waals surface area (Å²) in [6.07, 6.45) is 5.70. The van der Waals surface area contributed by atoms with E-state index >= 15 is 0 Å². The second kappa shape index (κ2) is 4.22. The van der Waals surface area contributed by atoms with E-state index in [-0.39, 0.29) is 5.54 Å². The van der Waals surface area contributed by atoms with Gasteiger partial charge in [0.2, 0.25) is 0 Å². The summed E-state index contributed by atoms with van der Waals surface area (Å²) in [5, 5.41) is 7.14. The van der Waals surface area contributed by atoms with Crippen LogP contribution in [0.4, 0.5) is 0 Å². The summed E-state index contributed by atoms with van der Waals surface area (Å²) in [6.45, 7) is 6.84. The Kier molecular flexibility index (Phi) is 3.12. The van der Waals surface area contributed by atoms with Crippen molar-refractivity contribution in [3.63, 3.8) is 0 Å². The normalized spacial score (nSPS) is 20.5. The number of rotatable bonds is 5. The van der Waals surface area contributed by atoms with Crippen molar-refractivity contribution in [1.82, 2.24) is 10.3 Å². The maximum Gasteiger partial charge on any atom is 0.113 e. The molecule has 1 unspecified atom stereocenters. The van der Waals surface area contributed by atoms with Gasteiger partial charge in [0.1, 0.15) is 5.01 Å². The topological polar surface area (TPSA) is 24.9 Å². The molecule has 1 N–H and O–H groups in total. The molecule has 2 rings (SSSR count). The van der Waals surface area contributed by atoms with E-state index in [2.05, 4.69) is 36.5 Å². The van der Waals surface area contributed by atoms with Gasteiger partial charge in [-0.2, -0.15) is 0 Å². The molecule has 0 amide bonds. The third-order valence-corrected chi connectivity index (χ3v) is 4.35. The molecule has 0 spiro atoms. The first kappa shape index (κ1) is 11.1. The van der Waals surface area contributed by atoms with Gasteiger partial charge in [-0.25, -0.2) is 4.98 Å². The minimum Gasteiger partial charge on any atom is -0.302 e. The Morgan fingerprint density at radius 3 is 2.73 bits per heavy atom. The Hall–Kier alpha value is -0.410. The summed E-state index contributed by atoms with van der Waals surface area (Å²) in [6, 6.07) is 0.733. The number of aromatic nitrogens is 1. The first-order chi connectivity index (χ1) is 7.19. The summed E-state index contributed by atoms with van der Waals surface area (Å²) < 4.78 is 0. The van der Waals surface area contributed by atoms with Crippen LogP contribution in [0.15, 0.2) is 11.6 Å². The van der Waals surface area contributed by atoms with Crippen LogP contribution in [0, 0.1) is 5.92 Å². The maximum atomic E-state index is 4.52. The van der Waals surface area contributed by atoms with Gasteiger partial charge in [0.05, 0.1) is 5.54 Å². The van der Waals surface area contributed by atoms with Gasteiger partial charge in [0.15, 0.2) is 0 Å². The van der Waals surface area contributed by atoms with Crippen molar-refractivity contribution in [2.24, 2.45) is 5.92 Å². The highest BCUT2D eigenvalue weighted by Gasteiger charge is 2.40. The van der Waals surface area contributed by atoms with Crippen LogP contribution in [-0.2, 0) is 5.54 Å². The Morgan fingerprint density at radius 2 is 2.33 bits per heavy atom. The first-order valence-corrected chi connectivity index (χ1v) is 6.74. The molecule has 1 aromatic rings. The first-order valence-electron chi connectivity index (χ1n) is 5.86. The van der Waals surface area contributed by atoms with Crippen molar-refractivity contribution in [3.8, 4) is 0 Å². The molecule has 3 heteroatoms. The highest BCUT2D eigenvalue weighted by Crippen LogP contribution is 2.37. The Labute approximate surface area is 96.1 Å². The molecule has 1 saturated carbocycles. The zero-order valence-electron chi connectivity index (χ0n) is 9.79. The Balaban J connectivity index is 2.26. The molecular formula is C12H20N2S. The molecule has 84 valence electrons. The molecule has 0 saturated heterocycles. The largest absolute Gasteiger partial charge is 0.302 e. The molecule has 1 aliphatic carbocycles. The van der Waals surface area contributed by atoms with E-state index in [0.29, 0.717) is 5.92 Å². The molecule has 0 aromatic carbocycles. The van der Waals surface area contributed by atoms with Crippen LogP contribution in [0.3, 0.4) is 0 Å². The molecule has 15 heavy (non-hydrogen) atoms. The minimum atomic E-state index is 0.106. The lowest BCUT2D eigenvalue weighted by atomic mass is 9.84. The lowest BCUT2D eigenvalue weighted by molar-refractivity contribution is 0.224. The summed E-state index contributed by atoms with van der Waals surface area (Å²) in [7, 11) is 0. The van der Waals surface area contributed by atoms with Gasteiger partial charge in [-0.1, -0.05) is 20.8 Å². The molecule has 1 aliphatic rings. The van der Waals surface area contributed by atoms with Crippen LogP contribution in [0.5, 0.6) is 0 Å². The molecule has 1 atom stereocenters. The molecule has 1 aromatic heterocycles. The molecule has 0 bridgehead atoms. The van der Waals surface area contributed by atoms with Gasteiger partial charge in [0, 0.05) is 17.6 Å². The van der Waals surface area contributed by atoms with Crippen LogP contribution in [0.25, 0.3) is 0 Å². The van der Waals surface area contributed by atoms with E-state index in [4.69, 9.17) is 0 Å². The molecule has 1 fully saturated rings. The fourth-order valence-electron chi connectivity index (χ4n) is 2.17. The third kappa shape index (κ3) is 2.08. The lowest BCUT2D eigenvalue weighted by Crippen LogP contribution is -2.47. The van der Waals surface area contributed by atoms with E-state index in [1.165, 1.54) is 17.8 Å². The van der Waals surface area contributed by atoms with Gasteiger partial charge in [-0.3, -0.25) is 0 Å². The smallest absolute Gasteiger partial charge is 0.113 e. The number of thiazole rings is 1. The number of nitrogens with zero attached hydrogens (tertiary/aromatic N) is 1. The fraction of sp³-hybridized carbons (Fsp3) is 0.750. The van der Waals surface area contributed by atoms with Gasteiger partial charge in [-0.15, -0.1) is 11.3 Å². The Bertz CT molecular complexity index is 303. The average molecular weight is 224 g/mol. The quantitative estimate of drug-likeness (QED) is 0.831. The molecule has 2 nitrogen and oxygen atoms in total. The van der Waals surface area contributed by atoms with E-state index in [9.17, 15) is 0 Å². The highest BCUT2D eigenvalue weighted by atomic mass is 32.1. The standard InChI is InChI=1S/C12H20N2S/c1-4-12(9(2)3,14-10-5-6-10)11-13-7-8-15-11/h7-10,14H,4-6H2,1-3H3. The van der Waals surface area contributed by atoms with Crippen LogP contribution >= 0.6 is 11.3 Å². The SMILES string of the molecule is CCC(NC1CC1)(c1nccs1)C(C)C. The van der Waals surface area contributed by atoms with Gasteiger partial charge < -0.3 is 5.32 Å².